The van der Waals surface area contributed by atoms with Gasteiger partial charge in [-0.15, -0.1) is 0 Å². The topological polar surface area (TPSA) is 3.24 Å². The first-order valence-corrected chi connectivity index (χ1v) is 5.97. The van der Waals surface area contributed by atoms with Gasteiger partial charge in [0.05, 0.1) is 0 Å². The van der Waals surface area contributed by atoms with Crippen LogP contribution in [0.4, 0.5) is 0 Å². The van der Waals surface area contributed by atoms with Crippen molar-refractivity contribution in [3.63, 3.8) is 0 Å². The van der Waals surface area contributed by atoms with E-state index in [1.807, 2.05) is 18.7 Å². The van der Waals surface area contributed by atoms with Crippen molar-refractivity contribution in [3.8, 4) is 0 Å². The van der Waals surface area contributed by atoms with Crippen LogP contribution < -0.4 is 0 Å². The highest BCUT2D eigenvalue weighted by atomic mass is 15.3. The van der Waals surface area contributed by atoms with E-state index in [-0.39, 0.29) is 11.3 Å². The zero-order valence-electron chi connectivity index (χ0n) is 13.3. The summed E-state index contributed by atoms with van der Waals surface area (Å²) in [4.78, 5) is 1.90. The summed E-state index contributed by atoms with van der Waals surface area (Å²) in [6.45, 7) is 3.28. The van der Waals surface area contributed by atoms with Crippen LogP contribution in [0.2, 0.25) is 0 Å². The standard InChI is InChI=1S/C13H23N/c1-11(2)8-13-4-3-7-14(13)10-12(9-13)5-6-12/h11H,3-10H2,1-2H3/t13-/m1/s1/i8D2,10D2. The van der Waals surface area contributed by atoms with Gasteiger partial charge in [0.1, 0.15) is 0 Å². The van der Waals surface area contributed by atoms with Gasteiger partial charge in [-0.2, -0.15) is 0 Å². The van der Waals surface area contributed by atoms with E-state index in [9.17, 15) is 0 Å². The summed E-state index contributed by atoms with van der Waals surface area (Å²) in [5, 5.41) is 0. The van der Waals surface area contributed by atoms with Gasteiger partial charge in [0.2, 0.25) is 0 Å². The van der Waals surface area contributed by atoms with Crippen LogP contribution >= 0.6 is 0 Å². The monoisotopic (exact) mass is 197 g/mol. The molecule has 1 saturated carbocycles. The third-order valence-electron chi connectivity index (χ3n) is 3.90. The molecule has 1 aliphatic carbocycles. The Morgan fingerprint density at radius 1 is 1.43 bits per heavy atom. The average molecular weight is 197 g/mol. The molecule has 1 spiro atoms. The van der Waals surface area contributed by atoms with Crippen molar-refractivity contribution < 1.29 is 5.48 Å². The van der Waals surface area contributed by atoms with Gasteiger partial charge in [-0.25, -0.2) is 0 Å². The van der Waals surface area contributed by atoms with Crippen molar-refractivity contribution in [1.82, 2.24) is 4.90 Å². The lowest BCUT2D eigenvalue weighted by atomic mass is 9.82. The average Bonchev–Trinajstić information content (AvgIpc) is 2.84. The van der Waals surface area contributed by atoms with Gasteiger partial charge in [0.15, 0.2) is 0 Å². The summed E-state index contributed by atoms with van der Waals surface area (Å²) in [6, 6.07) is 0. The van der Waals surface area contributed by atoms with Crippen LogP contribution in [0.25, 0.3) is 0 Å². The highest BCUT2D eigenvalue weighted by molar-refractivity contribution is 5.13. The molecule has 3 rings (SSSR count). The predicted molar refractivity (Wildman–Crippen MR) is 59.3 cm³/mol. The third kappa shape index (κ3) is 1.25. The molecule has 3 fully saturated rings. The van der Waals surface area contributed by atoms with Crippen LogP contribution in [0.5, 0.6) is 0 Å². The fourth-order valence-corrected chi connectivity index (χ4v) is 3.29. The van der Waals surface area contributed by atoms with Crippen LogP contribution in [0, 0.1) is 11.3 Å². The first kappa shape index (κ1) is 5.89. The van der Waals surface area contributed by atoms with E-state index in [2.05, 4.69) is 0 Å². The molecule has 0 aromatic heterocycles. The minimum atomic E-state index is -1.30. The smallest absolute Gasteiger partial charge is 0.0437 e. The lowest BCUT2D eigenvalue weighted by Crippen LogP contribution is -2.39. The van der Waals surface area contributed by atoms with Gasteiger partial charge < -0.3 is 0 Å². The summed E-state index contributed by atoms with van der Waals surface area (Å²) >= 11 is 0. The number of hydrogen-bond acceptors (Lipinski definition) is 1. The molecule has 0 aromatic carbocycles. The summed E-state index contributed by atoms with van der Waals surface area (Å²) < 4.78 is 34.0. The molecule has 0 aromatic rings. The lowest BCUT2D eigenvalue weighted by molar-refractivity contribution is 0.163. The van der Waals surface area contributed by atoms with Crippen molar-refractivity contribution in [3.05, 3.63) is 0 Å². The van der Waals surface area contributed by atoms with Crippen LogP contribution in [0.15, 0.2) is 0 Å². The molecule has 1 heteroatoms. The fourth-order valence-electron chi connectivity index (χ4n) is 3.29. The Morgan fingerprint density at radius 3 is 2.86 bits per heavy atom. The zero-order chi connectivity index (χ0) is 13.4. The minimum Gasteiger partial charge on any atom is -0.297 e. The lowest BCUT2D eigenvalue weighted by Gasteiger charge is -2.33. The van der Waals surface area contributed by atoms with E-state index >= 15 is 0 Å². The Labute approximate surface area is 93.5 Å². The Bertz CT molecular complexity index is 375. The molecule has 80 valence electrons. The highest BCUT2D eigenvalue weighted by Gasteiger charge is 2.59. The Morgan fingerprint density at radius 2 is 2.21 bits per heavy atom. The summed E-state index contributed by atoms with van der Waals surface area (Å²) in [6.07, 6.45) is 3.04. The number of nitrogens with zero attached hydrogens (tertiary/aromatic N) is 1. The normalized spacial score (nSPS) is 48.5. The van der Waals surface area contributed by atoms with Crippen LogP contribution in [0.3, 0.4) is 0 Å². The molecule has 3 aliphatic rings. The van der Waals surface area contributed by atoms with Gasteiger partial charge in [0, 0.05) is 17.5 Å². The molecule has 0 amide bonds. The van der Waals surface area contributed by atoms with Crippen molar-refractivity contribution in [2.24, 2.45) is 11.3 Å². The van der Waals surface area contributed by atoms with E-state index in [0.29, 0.717) is 0 Å². The van der Waals surface area contributed by atoms with Crippen LogP contribution in [-0.2, 0) is 0 Å². The summed E-state index contributed by atoms with van der Waals surface area (Å²) in [7, 11) is 0. The molecule has 0 unspecified atom stereocenters. The van der Waals surface area contributed by atoms with E-state index in [1.54, 1.807) is 0 Å². The van der Waals surface area contributed by atoms with Crippen molar-refractivity contribution >= 4 is 0 Å². The van der Waals surface area contributed by atoms with Gasteiger partial charge >= 0.3 is 0 Å². The fraction of sp³-hybridized carbons (Fsp3) is 1.00. The second kappa shape index (κ2) is 2.75. The van der Waals surface area contributed by atoms with E-state index in [1.165, 1.54) is 0 Å². The van der Waals surface area contributed by atoms with E-state index in [4.69, 9.17) is 5.48 Å². The number of rotatable bonds is 2. The maximum absolute atomic E-state index is 8.54. The molecule has 1 atom stereocenters. The van der Waals surface area contributed by atoms with Crippen LogP contribution in [-0.4, -0.2) is 23.5 Å². The Balaban J connectivity index is 2.06. The Kier molecular flexibility index (Phi) is 1.16. The second-order valence-corrected chi connectivity index (χ2v) is 5.65. The van der Waals surface area contributed by atoms with Gasteiger partial charge in [-0.3, -0.25) is 4.90 Å². The first-order valence-electron chi connectivity index (χ1n) is 7.97. The highest BCUT2D eigenvalue weighted by Crippen LogP contribution is 2.61. The summed E-state index contributed by atoms with van der Waals surface area (Å²) in [5.41, 5.74) is -0.795. The molecule has 0 bridgehead atoms. The van der Waals surface area contributed by atoms with E-state index < -0.39 is 18.4 Å². The molecular formula is C13H23N. The van der Waals surface area contributed by atoms with Crippen molar-refractivity contribution in [2.45, 2.75) is 57.9 Å². The summed E-state index contributed by atoms with van der Waals surface area (Å²) in [5.74, 6) is -0.0669. The van der Waals surface area contributed by atoms with Crippen molar-refractivity contribution in [1.29, 1.82) is 0 Å². The predicted octanol–water partition coefficient (Wildman–Crippen LogP) is 3.05. The van der Waals surface area contributed by atoms with Gasteiger partial charge in [0.25, 0.3) is 0 Å². The molecule has 0 N–H and O–H groups in total. The van der Waals surface area contributed by atoms with Crippen LogP contribution in [0.1, 0.15) is 57.8 Å². The zero-order valence-corrected chi connectivity index (χ0v) is 9.27. The Hall–Kier alpha value is -0.0400. The molecule has 2 saturated heterocycles. The largest absolute Gasteiger partial charge is 0.297 e. The van der Waals surface area contributed by atoms with Crippen molar-refractivity contribution in [2.75, 3.05) is 13.0 Å². The van der Waals surface area contributed by atoms with Gasteiger partial charge in [-0.1, -0.05) is 13.8 Å². The quantitative estimate of drug-likeness (QED) is 0.657. The second-order valence-electron chi connectivity index (χ2n) is 5.65. The van der Waals surface area contributed by atoms with Gasteiger partial charge in [-0.05, 0) is 56.4 Å². The molecule has 2 heterocycles. The maximum atomic E-state index is 8.54. The molecule has 0 radical (unpaired) electrons. The first-order chi connectivity index (χ1) is 8.20. The minimum absolute atomic E-state index is 0.0669. The molecular weight excluding hydrogens is 170 g/mol. The maximum Gasteiger partial charge on any atom is 0.0437 e. The SMILES string of the molecule is [2H]C1([2H])N2CCC[C@@]2(C([2H])([2H])C(C)C)CC12CC2. The molecule has 14 heavy (non-hydrogen) atoms. The van der Waals surface area contributed by atoms with E-state index in [0.717, 1.165) is 38.6 Å². The molecule has 2 aliphatic heterocycles. The third-order valence-corrected chi connectivity index (χ3v) is 3.90. The molecule has 1 nitrogen and oxygen atoms in total. The number of fused-ring (bicyclic) bond motifs is 1. The number of hydrogen-bond donors (Lipinski definition) is 0.